The molecular weight excluding hydrogens is 408 g/mol. The largest absolute Gasteiger partial charge is 0.507 e. The summed E-state index contributed by atoms with van der Waals surface area (Å²) < 4.78 is 6.60. The lowest BCUT2D eigenvalue weighted by molar-refractivity contribution is 0.0512. The standard InChI is InChI=1S/C29H50O2.CH4O/c1-20(2)12-9-13-21(3)14-10-15-22(4)16-11-18-29(8)19-17-26-25(7)27(30)23(5)24(6)28(26)31-29;1-2/h20-22,30H,9-19H2,1-8H3;2H,1H3/t21-,22-,29-;/m1./s1. The number of aliphatic hydroxyl groups is 1. The smallest absolute Gasteiger partial charge is 0.127 e. The zero-order chi connectivity index (χ0) is 25.2. The molecule has 2 rings (SSSR count). The Labute approximate surface area is 205 Å². The molecule has 0 bridgehead atoms. The summed E-state index contributed by atoms with van der Waals surface area (Å²) in [4.78, 5) is 0. The van der Waals surface area contributed by atoms with E-state index in [1.165, 1.54) is 56.9 Å². The molecular formula is C30H54O3. The highest BCUT2D eigenvalue weighted by Crippen LogP contribution is 2.44. The third-order valence-corrected chi connectivity index (χ3v) is 7.87. The van der Waals surface area contributed by atoms with Gasteiger partial charge < -0.3 is 14.9 Å². The zero-order valence-electron chi connectivity index (χ0n) is 23.3. The second kappa shape index (κ2) is 14.2. The number of hydrogen-bond acceptors (Lipinski definition) is 3. The fourth-order valence-corrected chi connectivity index (χ4v) is 5.27. The Morgan fingerprint density at radius 1 is 0.788 bits per heavy atom. The van der Waals surface area contributed by atoms with Gasteiger partial charge in [-0.2, -0.15) is 0 Å². The van der Waals surface area contributed by atoms with Crippen LogP contribution in [0.4, 0.5) is 0 Å². The lowest BCUT2D eigenvalue weighted by atomic mass is 9.84. The molecule has 0 aromatic heterocycles. The van der Waals surface area contributed by atoms with Crippen LogP contribution in [0.1, 0.15) is 121 Å². The van der Waals surface area contributed by atoms with Crippen LogP contribution in [0, 0.1) is 38.5 Å². The number of rotatable bonds is 12. The van der Waals surface area contributed by atoms with E-state index in [-0.39, 0.29) is 5.60 Å². The molecule has 1 heterocycles. The van der Waals surface area contributed by atoms with E-state index in [0.29, 0.717) is 5.75 Å². The first-order valence-electron chi connectivity index (χ1n) is 13.5. The van der Waals surface area contributed by atoms with Crippen LogP contribution < -0.4 is 4.74 Å². The number of benzene rings is 1. The lowest BCUT2D eigenvalue weighted by Crippen LogP contribution is -2.37. The maximum Gasteiger partial charge on any atom is 0.127 e. The fourth-order valence-electron chi connectivity index (χ4n) is 5.27. The van der Waals surface area contributed by atoms with E-state index in [0.717, 1.165) is 66.6 Å². The average Bonchev–Trinajstić information content (AvgIpc) is 2.77. The first kappa shape index (κ1) is 29.8. The van der Waals surface area contributed by atoms with E-state index >= 15 is 0 Å². The van der Waals surface area contributed by atoms with Gasteiger partial charge in [0.05, 0.1) is 0 Å². The molecule has 1 aromatic rings. The Bertz CT molecular complexity index is 709. The van der Waals surface area contributed by atoms with Crippen molar-refractivity contribution in [2.24, 2.45) is 17.8 Å². The van der Waals surface area contributed by atoms with E-state index in [1.807, 2.05) is 13.8 Å². The summed E-state index contributed by atoms with van der Waals surface area (Å²) in [5, 5.41) is 17.4. The average molecular weight is 463 g/mol. The van der Waals surface area contributed by atoms with Crippen molar-refractivity contribution < 1.29 is 14.9 Å². The summed E-state index contributed by atoms with van der Waals surface area (Å²) in [6.45, 7) is 17.9. The van der Waals surface area contributed by atoms with Crippen molar-refractivity contribution in [3.05, 3.63) is 22.3 Å². The monoisotopic (exact) mass is 462 g/mol. The predicted octanol–water partition coefficient (Wildman–Crippen LogP) is 8.45. The number of phenolic OH excluding ortho intramolecular Hbond substituents is 1. The second-order valence-corrected chi connectivity index (χ2v) is 11.4. The minimum atomic E-state index is -0.0712. The Hall–Kier alpha value is -1.22. The van der Waals surface area contributed by atoms with Gasteiger partial charge >= 0.3 is 0 Å². The highest BCUT2D eigenvalue weighted by molar-refractivity contribution is 5.58. The van der Waals surface area contributed by atoms with Gasteiger partial charge in [-0.15, -0.1) is 0 Å². The van der Waals surface area contributed by atoms with Gasteiger partial charge in [0.25, 0.3) is 0 Å². The maximum absolute atomic E-state index is 10.4. The van der Waals surface area contributed by atoms with Crippen molar-refractivity contribution in [1.29, 1.82) is 0 Å². The molecule has 0 saturated carbocycles. The molecule has 1 aliphatic rings. The van der Waals surface area contributed by atoms with Crippen LogP contribution >= 0.6 is 0 Å². The van der Waals surface area contributed by atoms with E-state index in [4.69, 9.17) is 9.84 Å². The van der Waals surface area contributed by atoms with Crippen molar-refractivity contribution in [3.63, 3.8) is 0 Å². The topological polar surface area (TPSA) is 49.7 Å². The SMILES string of the molecule is CO.Cc1c(C)c2c(c(C)c1O)CC[C@@](C)(CCC[C@H](C)CCC[C@H](C)CCCC(C)C)O2. The summed E-state index contributed by atoms with van der Waals surface area (Å²) >= 11 is 0. The molecule has 3 atom stereocenters. The third-order valence-electron chi connectivity index (χ3n) is 7.87. The molecule has 2 N–H and O–H groups in total. The first-order valence-corrected chi connectivity index (χ1v) is 13.5. The number of fused-ring (bicyclic) bond motifs is 1. The molecule has 0 fully saturated rings. The van der Waals surface area contributed by atoms with Gasteiger partial charge in [-0.25, -0.2) is 0 Å². The summed E-state index contributed by atoms with van der Waals surface area (Å²) in [6.07, 6.45) is 14.1. The molecule has 0 unspecified atom stereocenters. The number of hydrogen-bond donors (Lipinski definition) is 2. The van der Waals surface area contributed by atoms with Crippen LogP contribution in [0.15, 0.2) is 0 Å². The van der Waals surface area contributed by atoms with Crippen LogP contribution in [0.25, 0.3) is 0 Å². The van der Waals surface area contributed by atoms with Gasteiger partial charge in [0, 0.05) is 12.7 Å². The van der Waals surface area contributed by atoms with Crippen LogP contribution in [0.2, 0.25) is 0 Å². The molecule has 33 heavy (non-hydrogen) atoms. The van der Waals surface area contributed by atoms with E-state index in [9.17, 15) is 5.11 Å². The van der Waals surface area contributed by atoms with Crippen molar-refractivity contribution >= 4 is 0 Å². The molecule has 1 aromatic carbocycles. The fraction of sp³-hybridized carbons (Fsp3) is 0.800. The number of aliphatic hydroxyl groups excluding tert-OH is 1. The molecule has 0 saturated heterocycles. The Morgan fingerprint density at radius 2 is 1.30 bits per heavy atom. The molecule has 3 heteroatoms. The van der Waals surface area contributed by atoms with Gasteiger partial charge in [-0.05, 0) is 87.8 Å². The Kier molecular flexibility index (Phi) is 12.9. The zero-order valence-corrected chi connectivity index (χ0v) is 23.3. The van der Waals surface area contributed by atoms with E-state index < -0.39 is 0 Å². The van der Waals surface area contributed by atoms with Crippen LogP contribution in [-0.2, 0) is 6.42 Å². The minimum Gasteiger partial charge on any atom is -0.507 e. The lowest BCUT2D eigenvalue weighted by Gasteiger charge is -2.38. The van der Waals surface area contributed by atoms with Crippen molar-refractivity contribution in [1.82, 2.24) is 0 Å². The molecule has 192 valence electrons. The quantitative estimate of drug-likeness (QED) is 0.327. The molecule has 0 amide bonds. The second-order valence-electron chi connectivity index (χ2n) is 11.4. The van der Waals surface area contributed by atoms with Gasteiger partial charge in [-0.3, -0.25) is 0 Å². The van der Waals surface area contributed by atoms with Gasteiger partial charge in [0.15, 0.2) is 0 Å². The van der Waals surface area contributed by atoms with Gasteiger partial charge in [0.1, 0.15) is 17.1 Å². The Morgan fingerprint density at radius 3 is 1.85 bits per heavy atom. The van der Waals surface area contributed by atoms with Crippen LogP contribution in [0.5, 0.6) is 11.5 Å². The Balaban J connectivity index is 0.00000265. The van der Waals surface area contributed by atoms with Crippen molar-refractivity contribution in [2.75, 3.05) is 7.11 Å². The summed E-state index contributed by atoms with van der Waals surface area (Å²) in [5.74, 6) is 4.04. The summed E-state index contributed by atoms with van der Waals surface area (Å²) in [7, 11) is 1.00. The highest BCUT2D eigenvalue weighted by atomic mass is 16.5. The van der Waals surface area contributed by atoms with Crippen molar-refractivity contribution in [2.45, 2.75) is 132 Å². The number of phenols is 1. The summed E-state index contributed by atoms with van der Waals surface area (Å²) in [6, 6.07) is 0. The van der Waals surface area contributed by atoms with E-state index in [2.05, 4.69) is 41.5 Å². The van der Waals surface area contributed by atoms with Crippen LogP contribution in [0.3, 0.4) is 0 Å². The van der Waals surface area contributed by atoms with E-state index in [1.54, 1.807) is 0 Å². The molecule has 0 radical (unpaired) electrons. The molecule has 3 nitrogen and oxygen atoms in total. The normalized spacial score (nSPS) is 19.4. The molecule has 0 aliphatic carbocycles. The summed E-state index contributed by atoms with van der Waals surface area (Å²) in [5.41, 5.74) is 4.23. The predicted molar refractivity (Wildman–Crippen MR) is 143 cm³/mol. The molecule has 0 spiro atoms. The van der Waals surface area contributed by atoms with Gasteiger partial charge in [-0.1, -0.05) is 72.6 Å². The number of ether oxygens (including phenoxy) is 1. The highest BCUT2D eigenvalue weighted by Gasteiger charge is 2.34. The number of aromatic hydroxyl groups is 1. The molecule has 1 aliphatic heterocycles. The first-order chi connectivity index (χ1) is 15.5. The van der Waals surface area contributed by atoms with Gasteiger partial charge in [0.2, 0.25) is 0 Å². The van der Waals surface area contributed by atoms with Crippen LogP contribution in [-0.4, -0.2) is 22.9 Å². The van der Waals surface area contributed by atoms with Crippen molar-refractivity contribution in [3.8, 4) is 11.5 Å². The third kappa shape index (κ3) is 9.15. The maximum atomic E-state index is 10.4. The minimum absolute atomic E-state index is 0.0712.